The highest BCUT2D eigenvalue weighted by Crippen LogP contribution is 2.41. The quantitative estimate of drug-likeness (QED) is 0.106. The van der Waals surface area contributed by atoms with Gasteiger partial charge in [-0.15, -0.1) is 0 Å². The van der Waals surface area contributed by atoms with E-state index in [1.54, 1.807) is 18.2 Å². The molecule has 13 heteroatoms. The van der Waals surface area contributed by atoms with E-state index in [0.717, 1.165) is 23.9 Å². The van der Waals surface area contributed by atoms with Crippen LogP contribution in [-0.2, 0) is 11.0 Å². The van der Waals surface area contributed by atoms with Crippen LogP contribution in [0.4, 0.5) is 28.9 Å². The number of nitro benzene ring substituents is 1. The van der Waals surface area contributed by atoms with Crippen LogP contribution in [-0.4, -0.2) is 15.2 Å². The van der Waals surface area contributed by atoms with Crippen molar-refractivity contribution >= 4 is 63.3 Å². The first-order chi connectivity index (χ1) is 17.0. The molecule has 1 amide bonds. The van der Waals surface area contributed by atoms with Gasteiger partial charge in [0.15, 0.2) is 4.32 Å². The number of benzene rings is 3. The minimum atomic E-state index is -4.77. The molecule has 1 fully saturated rings. The molecule has 0 radical (unpaired) electrons. The highest BCUT2D eigenvalue weighted by molar-refractivity contribution is 8.27. The number of nitro groups is 1. The van der Waals surface area contributed by atoms with E-state index < -0.39 is 39.8 Å². The molecule has 0 aliphatic carbocycles. The van der Waals surface area contributed by atoms with Gasteiger partial charge in [0.2, 0.25) is 5.75 Å². The number of carbonyl (C=O) groups excluding carboxylic acids is 1. The Kier molecular flexibility index (Phi) is 7.03. The summed E-state index contributed by atoms with van der Waals surface area (Å²) < 4.78 is 58.3. The second-order valence-corrected chi connectivity index (χ2v) is 9.28. The largest absolute Gasteiger partial charge is 0.449 e. The fraction of sp³-hybridized carbons (Fsp3) is 0.0435. The first-order valence-electron chi connectivity index (χ1n) is 9.81. The number of amides is 1. The summed E-state index contributed by atoms with van der Waals surface area (Å²) in [4.78, 5) is 24.8. The van der Waals surface area contributed by atoms with Crippen LogP contribution < -0.4 is 9.64 Å². The lowest BCUT2D eigenvalue weighted by molar-refractivity contribution is -0.385. The van der Waals surface area contributed by atoms with E-state index in [1.165, 1.54) is 29.2 Å². The summed E-state index contributed by atoms with van der Waals surface area (Å²) in [5, 5.41) is 11.2. The second kappa shape index (κ2) is 9.88. The zero-order chi connectivity index (χ0) is 26.2. The van der Waals surface area contributed by atoms with Crippen LogP contribution in [0.2, 0.25) is 5.02 Å². The Morgan fingerprint density at radius 2 is 1.81 bits per heavy atom. The highest BCUT2D eigenvalue weighted by Gasteiger charge is 2.35. The summed E-state index contributed by atoms with van der Waals surface area (Å²) in [5.41, 5.74) is -1.50. The molecular formula is C23H11ClF4N2O4S2. The Balaban J connectivity index is 1.67. The number of thiocarbonyl (C=S) groups is 1. The lowest BCUT2D eigenvalue weighted by atomic mass is 10.1. The maximum atomic E-state index is 13.5. The van der Waals surface area contributed by atoms with Crippen molar-refractivity contribution in [2.75, 3.05) is 4.90 Å². The van der Waals surface area contributed by atoms with E-state index in [2.05, 4.69) is 0 Å². The Morgan fingerprint density at radius 1 is 1.08 bits per heavy atom. The molecule has 4 rings (SSSR count). The number of ether oxygens (including phenoxy) is 1. The first-order valence-corrected chi connectivity index (χ1v) is 11.4. The lowest BCUT2D eigenvalue weighted by Crippen LogP contribution is -2.27. The van der Waals surface area contributed by atoms with E-state index >= 15 is 0 Å². The number of carbonyl (C=O) groups is 1. The van der Waals surface area contributed by atoms with Crippen molar-refractivity contribution in [1.82, 2.24) is 0 Å². The van der Waals surface area contributed by atoms with Gasteiger partial charge in [0.05, 0.1) is 26.1 Å². The highest BCUT2D eigenvalue weighted by atomic mass is 35.5. The molecule has 0 unspecified atom stereocenters. The van der Waals surface area contributed by atoms with Crippen molar-refractivity contribution < 1.29 is 32.0 Å². The number of anilines is 1. The van der Waals surface area contributed by atoms with Gasteiger partial charge >= 0.3 is 11.9 Å². The molecule has 0 spiro atoms. The summed E-state index contributed by atoms with van der Waals surface area (Å²) in [7, 11) is 0. The fourth-order valence-electron chi connectivity index (χ4n) is 3.19. The standard InChI is InChI=1S/C23H11ClF4N2O4S2/c24-15-11-14(6-7-16(15)25)29-21(31)20(36-22(29)35)9-12-3-1-2-4-18(12)34-19-8-5-13(23(26,27)28)10-17(19)30(32)33/h1-11H/b20-9+. The van der Waals surface area contributed by atoms with Gasteiger partial charge in [-0.05, 0) is 42.5 Å². The van der Waals surface area contributed by atoms with Crippen LogP contribution in [0.15, 0.2) is 65.6 Å². The topological polar surface area (TPSA) is 72.7 Å². The minimum Gasteiger partial charge on any atom is -0.449 e. The molecule has 0 N–H and O–H groups in total. The molecule has 1 aliphatic rings. The number of hydrogen-bond donors (Lipinski definition) is 0. The number of rotatable bonds is 5. The normalized spacial score (nSPS) is 15.0. The van der Waals surface area contributed by atoms with Crippen molar-refractivity contribution in [1.29, 1.82) is 0 Å². The molecule has 0 atom stereocenters. The van der Waals surface area contributed by atoms with Crippen molar-refractivity contribution in [3.8, 4) is 11.5 Å². The van der Waals surface area contributed by atoms with Crippen LogP contribution in [0.5, 0.6) is 11.5 Å². The Labute approximate surface area is 215 Å². The van der Waals surface area contributed by atoms with Gasteiger partial charge in [0.1, 0.15) is 11.6 Å². The second-order valence-electron chi connectivity index (χ2n) is 7.19. The Bertz CT molecular complexity index is 1450. The van der Waals surface area contributed by atoms with Gasteiger partial charge in [0.25, 0.3) is 5.91 Å². The molecule has 0 bridgehead atoms. The van der Waals surface area contributed by atoms with E-state index in [-0.39, 0.29) is 25.7 Å². The monoisotopic (exact) mass is 554 g/mol. The molecule has 1 aliphatic heterocycles. The van der Waals surface area contributed by atoms with Crippen LogP contribution in [0, 0.1) is 15.9 Å². The molecule has 3 aromatic carbocycles. The van der Waals surface area contributed by atoms with Gasteiger partial charge in [-0.2, -0.15) is 13.2 Å². The van der Waals surface area contributed by atoms with Gasteiger partial charge in [0, 0.05) is 11.6 Å². The van der Waals surface area contributed by atoms with E-state index in [0.29, 0.717) is 17.7 Å². The van der Waals surface area contributed by atoms with Gasteiger partial charge in [-0.3, -0.25) is 19.8 Å². The maximum absolute atomic E-state index is 13.5. The van der Waals surface area contributed by atoms with Crippen LogP contribution in [0.3, 0.4) is 0 Å². The molecule has 0 aromatic heterocycles. The molecule has 184 valence electrons. The molecule has 1 saturated heterocycles. The Morgan fingerprint density at radius 3 is 2.47 bits per heavy atom. The van der Waals surface area contributed by atoms with Crippen LogP contribution in [0.1, 0.15) is 11.1 Å². The molecule has 0 saturated carbocycles. The van der Waals surface area contributed by atoms with Gasteiger partial charge in [-0.1, -0.05) is 53.8 Å². The predicted octanol–water partition coefficient (Wildman–Crippen LogP) is 7.60. The van der Waals surface area contributed by atoms with Crippen molar-refractivity contribution in [3.05, 3.63) is 97.6 Å². The number of thioether (sulfide) groups is 1. The molecule has 36 heavy (non-hydrogen) atoms. The zero-order valence-electron chi connectivity index (χ0n) is 17.6. The third kappa shape index (κ3) is 5.20. The SMILES string of the molecule is O=C1/C(=C\c2ccccc2Oc2ccc(C(F)(F)F)cc2[N+](=O)[O-])SC(=S)N1c1ccc(F)c(Cl)c1. The van der Waals surface area contributed by atoms with E-state index in [1.807, 2.05) is 0 Å². The Hall–Kier alpha value is -3.48. The third-order valence-corrected chi connectivity index (χ3v) is 6.46. The van der Waals surface area contributed by atoms with Crippen molar-refractivity contribution in [2.45, 2.75) is 6.18 Å². The van der Waals surface area contributed by atoms with Gasteiger partial charge < -0.3 is 4.74 Å². The fourth-order valence-corrected chi connectivity index (χ4v) is 4.65. The lowest BCUT2D eigenvalue weighted by Gasteiger charge is -2.15. The number of halogens is 5. The maximum Gasteiger partial charge on any atom is 0.416 e. The minimum absolute atomic E-state index is 0.0513. The van der Waals surface area contributed by atoms with E-state index in [4.69, 9.17) is 28.6 Å². The molecule has 1 heterocycles. The average molecular weight is 555 g/mol. The van der Waals surface area contributed by atoms with Crippen molar-refractivity contribution in [3.63, 3.8) is 0 Å². The smallest absolute Gasteiger partial charge is 0.416 e. The first kappa shape index (κ1) is 25.6. The number of para-hydroxylation sites is 1. The summed E-state index contributed by atoms with van der Waals surface area (Å²) >= 11 is 12.1. The van der Waals surface area contributed by atoms with E-state index in [9.17, 15) is 32.5 Å². The molecule has 6 nitrogen and oxygen atoms in total. The number of hydrogen-bond acceptors (Lipinski definition) is 6. The predicted molar refractivity (Wildman–Crippen MR) is 132 cm³/mol. The average Bonchev–Trinajstić information content (AvgIpc) is 3.09. The van der Waals surface area contributed by atoms with Crippen LogP contribution >= 0.6 is 35.6 Å². The molecular weight excluding hydrogens is 544 g/mol. The summed E-state index contributed by atoms with van der Waals surface area (Å²) in [6.07, 6.45) is -3.35. The summed E-state index contributed by atoms with van der Waals surface area (Å²) in [6, 6.07) is 11.8. The van der Waals surface area contributed by atoms with Gasteiger partial charge in [-0.25, -0.2) is 4.39 Å². The van der Waals surface area contributed by atoms with Crippen molar-refractivity contribution in [2.24, 2.45) is 0 Å². The number of alkyl halides is 3. The van der Waals surface area contributed by atoms with Crippen LogP contribution in [0.25, 0.3) is 6.08 Å². The third-order valence-electron chi connectivity index (χ3n) is 4.86. The summed E-state index contributed by atoms with van der Waals surface area (Å²) in [5.74, 6) is -1.55. The number of nitrogens with zero attached hydrogens (tertiary/aromatic N) is 2. The zero-order valence-corrected chi connectivity index (χ0v) is 20.0. The molecule has 3 aromatic rings. The summed E-state index contributed by atoms with van der Waals surface area (Å²) in [6.45, 7) is 0.